The van der Waals surface area contributed by atoms with Gasteiger partial charge in [-0.15, -0.1) is 0 Å². The molecular weight excluding hydrogens is 160 g/mol. The fraction of sp³-hybridized carbons (Fsp3) is 0.333. The van der Waals surface area contributed by atoms with E-state index in [2.05, 4.69) is 38.1 Å². The lowest BCUT2D eigenvalue weighted by molar-refractivity contribution is 0.136. The lowest BCUT2D eigenvalue weighted by atomic mass is 10.1. The third kappa shape index (κ3) is 1.11. The van der Waals surface area contributed by atoms with E-state index in [0.717, 1.165) is 0 Å². The molecule has 0 bridgehead atoms. The van der Waals surface area contributed by atoms with Crippen LogP contribution in [0.2, 0.25) is 0 Å². The smallest absolute Gasteiger partial charge is 0.104 e. The number of methoxy groups -OCH3 is 1. The van der Waals surface area contributed by atoms with Crippen molar-refractivity contribution in [3.63, 3.8) is 0 Å². The Morgan fingerprint density at radius 2 is 1.85 bits per heavy atom. The summed E-state index contributed by atoms with van der Waals surface area (Å²) < 4.78 is 5.46. The Morgan fingerprint density at radius 1 is 1.15 bits per heavy atom. The van der Waals surface area contributed by atoms with Gasteiger partial charge in [-0.3, -0.25) is 0 Å². The molecule has 1 atom stereocenters. The molecule has 1 aliphatic rings. The Bertz CT molecular complexity index is 363. The summed E-state index contributed by atoms with van der Waals surface area (Å²) in [5, 5.41) is 0. The van der Waals surface area contributed by atoms with Crippen molar-refractivity contribution in [3.8, 4) is 0 Å². The molecule has 1 unspecified atom stereocenters. The third-order valence-corrected chi connectivity index (χ3v) is 2.87. The molecule has 0 amide bonds. The monoisotopic (exact) mass is 174 g/mol. The van der Waals surface area contributed by atoms with Crippen LogP contribution in [0, 0.1) is 0 Å². The maximum atomic E-state index is 5.46. The molecule has 1 aromatic carbocycles. The maximum Gasteiger partial charge on any atom is 0.104 e. The van der Waals surface area contributed by atoms with Crippen molar-refractivity contribution in [2.24, 2.45) is 0 Å². The zero-order valence-corrected chi connectivity index (χ0v) is 8.29. The first-order valence-electron chi connectivity index (χ1n) is 4.55. The van der Waals surface area contributed by atoms with E-state index in [1.54, 1.807) is 7.11 Å². The summed E-state index contributed by atoms with van der Waals surface area (Å²) in [6, 6.07) is 8.45. The molecule has 1 aromatic rings. The first kappa shape index (κ1) is 8.52. The van der Waals surface area contributed by atoms with Crippen molar-refractivity contribution in [1.29, 1.82) is 0 Å². The Kier molecular flexibility index (Phi) is 1.97. The summed E-state index contributed by atoms with van der Waals surface area (Å²) in [5.41, 5.74) is 5.35. The second kappa shape index (κ2) is 3.00. The van der Waals surface area contributed by atoms with Crippen LogP contribution in [0.15, 0.2) is 29.8 Å². The Morgan fingerprint density at radius 3 is 2.54 bits per heavy atom. The number of ether oxygens (including phenoxy) is 1. The lowest BCUT2D eigenvalue weighted by Crippen LogP contribution is -1.98. The summed E-state index contributed by atoms with van der Waals surface area (Å²) in [6.45, 7) is 4.30. The van der Waals surface area contributed by atoms with Crippen LogP contribution in [0.25, 0.3) is 5.57 Å². The van der Waals surface area contributed by atoms with Crippen LogP contribution in [0.4, 0.5) is 0 Å². The van der Waals surface area contributed by atoms with Gasteiger partial charge < -0.3 is 4.74 Å². The van der Waals surface area contributed by atoms with Gasteiger partial charge in [0.15, 0.2) is 0 Å². The van der Waals surface area contributed by atoms with Crippen LogP contribution in [-0.4, -0.2) is 7.11 Å². The predicted molar refractivity (Wildman–Crippen MR) is 54.5 cm³/mol. The van der Waals surface area contributed by atoms with Crippen LogP contribution >= 0.6 is 0 Å². The van der Waals surface area contributed by atoms with E-state index in [9.17, 15) is 0 Å². The predicted octanol–water partition coefficient (Wildman–Crippen LogP) is 3.18. The van der Waals surface area contributed by atoms with Gasteiger partial charge >= 0.3 is 0 Å². The van der Waals surface area contributed by atoms with Crippen molar-refractivity contribution in [3.05, 3.63) is 41.0 Å². The van der Waals surface area contributed by atoms with Gasteiger partial charge in [0.1, 0.15) is 6.10 Å². The van der Waals surface area contributed by atoms with E-state index in [1.807, 2.05) is 0 Å². The molecule has 0 heterocycles. The molecule has 13 heavy (non-hydrogen) atoms. The van der Waals surface area contributed by atoms with E-state index >= 15 is 0 Å². The second-order valence-corrected chi connectivity index (χ2v) is 3.51. The van der Waals surface area contributed by atoms with Crippen molar-refractivity contribution in [2.45, 2.75) is 20.0 Å². The van der Waals surface area contributed by atoms with Gasteiger partial charge in [0, 0.05) is 7.11 Å². The van der Waals surface area contributed by atoms with Gasteiger partial charge in [0.05, 0.1) is 0 Å². The maximum absolute atomic E-state index is 5.46. The van der Waals surface area contributed by atoms with E-state index in [1.165, 1.54) is 22.3 Å². The zero-order valence-electron chi connectivity index (χ0n) is 8.29. The number of hydrogen-bond donors (Lipinski definition) is 0. The minimum Gasteiger partial charge on any atom is -0.372 e. The standard InChI is InChI=1S/C12H14O/c1-8-9(2)12(13-3)11-7-5-4-6-10(8)11/h4-7,12H,1-3H3. The van der Waals surface area contributed by atoms with E-state index in [-0.39, 0.29) is 6.10 Å². The summed E-state index contributed by atoms with van der Waals surface area (Å²) in [6.07, 6.45) is 0.177. The molecule has 1 heteroatoms. The molecule has 1 aliphatic carbocycles. The molecule has 1 nitrogen and oxygen atoms in total. The molecule has 0 saturated heterocycles. The fourth-order valence-electron chi connectivity index (χ4n) is 2.01. The fourth-order valence-corrected chi connectivity index (χ4v) is 2.01. The van der Waals surface area contributed by atoms with Gasteiger partial charge in [-0.2, -0.15) is 0 Å². The summed E-state index contributed by atoms with van der Waals surface area (Å²) in [7, 11) is 1.77. The highest BCUT2D eigenvalue weighted by molar-refractivity contribution is 5.75. The SMILES string of the molecule is COC1C(C)=C(C)c2ccccc21. The second-order valence-electron chi connectivity index (χ2n) is 3.51. The molecule has 0 radical (unpaired) electrons. The van der Waals surface area contributed by atoms with Crippen molar-refractivity contribution >= 4 is 5.57 Å². The molecule has 0 aromatic heterocycles. The first-order chi connectivity index (χ1) is 6.25. The van der Waals surface area contributed by atoms with Crippen LogP contribution in [0.1, 0.15) is 31.1 Å². The largest absolute Gasteiger partial charge is 0.372 e. The molecule has 2 rings (SSSR count). The summed E-state index contributed by atoms with van der Waals surface area (Å²) >= 11 is 0. The number of hydrogen-bond acceptors (Lipinski definition) is 1. The normalized spacial score (nSPS) is 20.7. The first-order valence-corrected chi connectivity index (χ1v) is 4.55. The molecule has 0 saturated carbocycles. The molecule has 0 fully saturated rings. The molecule has 68 valence electrons. The Balaban J connectivity index is 2.59. The number of allylic oxidation sites excluding steroid dienone is 1. The number of benzene rings is 1. The van der Waals surface area contributed by atoms with Crippen molar-refractivity contribution in [2.75, 3.05) is 7.11 Å². The minimum atomic E-state index is 0.177. The minimum absolute atomic E-state index is 0.177. The quantitative estimate of drug-likeness (QED) is 0.635. The van der Waals surface area contributed by atoms with E-state index in [4.69, 9.17) is 4.74 Å². The lowest BCUT2D eigenvalue weighted by Gasteiger charge is -2.11. The Labute approximate surface area is 79.0 Å². The van der Waals surface area contributed by atoms with E-state index in [0.29, 0.717) is 0 Å². The van der Waals surface area contributed by atoms with Crippen LogP contribution in [0.3, 0.4) is 0 Å². The van der Waals surface area contributed by atoms with Gasteiger partial charge in [-0.1, -0.05) is 24.3 Å². The average Bonchev–Trinajstić information content (AvgIpc) is 2.41. The van der Waals surface area contributed by atoms with Gasteiger partial charge in [-0.05, 0) is 36.1 Å². The topological polar surface area (TPSA) is 9.23 Å². The van der Waals surface area contributed by atoms with Gasteiger partial charge in [-0.25, -0.2) is 0 Å². The third-order valence-electron chi connectivity index (χ3n) is 2.87. The van der Waals surface area contributed by atoms with Gasteiger partial charge in [0.2, 0.25) is 0 Å². The summed E-state index contributed by atoms with van der Waals surface area (Å²) in [5.74, 6) is 0. The van der Waals surface area contributed by atoms with Crippen LogP contribution < -0.4 is 0 Å². The molecular formula is C12H14O. The van der Waals surface area contributed by atoms with Gasteiger partial charge in [0.25, 0.3) is 0 Å². The van der Waals surface area contributed by atoms with Crippen LogP contribution in [0.5, 0.6) is 0 Å². The van der Waals surface area contributed by atoms with Crippen molar-refractivity contribution < 1.29 is 4.74 Å². The molecule has 0 aliphatic heterocycles. The summed E-state index contributed by atoms with van der Waals surface area (Å²) in [4.78, 5) is 0. The highest BCUT2D eigenvalue weighted by atomic mass is 16.5. The van der Waals surface area contributed by atoms with Crippen molar-refractivity contribution in [1.82, 2.24) is 0 Å². The zero-order chi connectivity index (χ0) is 9.42. The molecule has 0 N–H and O–H groups in total. The van der Waals surface area contributed by atoms with E-state index < -0.39 is 0 Å². The van der Waals surface area contributed by atoms with Crippen LogP contribution in [-0.2, 0) is 4.74 Å². The molecule has 0 spiro atoms. The highest BCUT2D eigenvalue weighted by Crippen LogP contribution is 2.41. The highest BCUT2D eigenvalue weighted by Gasteiger charge is 2.25. The Hall–Kier alpha value is -1.08. The number of rotatable bonds is 1. The average molecular weight is 174 g/mol. The number of fused-ring (bicyclic) bond motifs is 1.